The van der Waals surface area contributed by atoms with Crippen molar-refractivity contribution in [3.8, 4) is 11.3 Å². The van der Waals surface area contributed by atoms with E-state index in [-0.39, 0.29) is 22.7 Å². The molecular weight excluding hydrogens is 422 g/mol. The van der Waals surface area contributed by atoms with E-state index in [2.05, 4.69) is 15.7 Å². The van der Waals surface area contributed by atoms with Crippen LogP contribution in [0.15, 0.2) is 66.2 Å². The number of anilines is 2. The zero-order valence-corrected chi connectivity index (χ0v) is 17.0. The van der Waals surface area contributed by atoms with Crippen molar-refractivity contribution in [1.29, 1.82) is 0 Å². The number of hydrogen-bond acceptors (Lipinski definition) is 4. The number of amides is 2. The average molecular weight is 438 g/mol. The highest BCUT2D eigenvalue weighted by Gasteiger charge is 2.20. The molecule has 0 aliphatic carbocycles. The van der Waals surface area contributed by atoms with Crippen molar-refractivity contribution in [3.05, 3.63) is 88.2 Å². The summed E-state index contributed by atoms with van der Waals surface area (Å²) in [6, 6.07) is 13.2. The summed E-state index contributed by atoms with van der Waals surface area (Å²) in [7, 11) is 1.60. The monoisotopic (exact) mass is 438 g/mol. The molecule has 0 radical (unpaired) electrons. The van der Waals surface area contributed by atoms with E-state index in [1.54, 1.807) is 48.8 Å². The van der Waals surface area contributed by atoms with Crippen LogP contribution < -0.4 is 10.6 Å². The highest BCUT2D eigenvalue weighted by molar-refractivity contribution is 7.12. The molecule has 2 amide bonds. The van der Waals surface area contributed by atoms with Crippen molar-refractivity contribution in [2.75, 3.05) is 10.6 Å². The molecule has 0 aliphatic rings. The van der Waals surface area contributed by atoms with E-state index in [1.165, 1.54) is 28.3 Å². The molecule has 2 heterocycles. The third-order valence-electron chi connectivity index (χ3n) is 4.38. The second kappa shape index (κ2) is 8.49. The number of carbonyl (C=O) groups excluding carboxylic acids is 2. The fourth-order valence-corrected chi connectivity index (χ4v) is 3.63. The van der Waals surface area contributed by atoms with Gasteiger partial charge in [-0.15, -0.1) is 11.3 Å². The first-order valence-corrected chi connectivity index (χ1v) is 10.0. The minimum atomic E-state index is -0.814. The molecule has 0 bridgehead atoms. The molecule has 31 heavy (non-hydrogen) atoms. The van der Waals surface area contributed by atoms with Gasteiger partial charge in [-0.05, 0) is 41.8 Å². The molecule has 0 aliphatic heterocycles. The molecule has 0 saturated carbocycles. The number of carbonyl (C=O) groups is 2. The maximum atomic E-state index is 14.2. The number of halogens is 2. The summed E-state index contributed by atoms with van der Waals surface area (Å²) in [5.74, 6) is -2.30. The van der Waals surface area contributed by atoms with Crippen LogP contribution in [-0.4, -0.2) is 21.6 Å². The quantitative estimate of drug-likeness (QED) is 0.464. The van der Waals surface area contributed by atoms with Gasteiger partial charge >= 0.3 is 0 Å². The molecule has 4 rings (SSSR count). The molecule has 0 spiro atoms. The van der Waals surface area contributed by atoms with E-state index >= 15 is 0 Å². The lowest BCUT2D eigenvalue weighted by atomic mass is 10.1. The Morgan fingerprint density at radius 3 is 2.39 bits per heavy atom. The highest BCUT2D eigenvalue weighted by atomic mass is 32.1. The summed E-state index contributed by atoms with van der Waals surface area (Å²) in [4.78, 5) is 25.7. The first-order valence-electron chi connectivity index (χ1n) is 9.16. The molecule has 2 aromatic heterocycles. The lowest BCUT2D eigenvalue weighted by molar-refractivity contribution is 0.102. The largest absolute Gasteiger partial charge is 0.322 e. The van der Waals surface area contributed by atoms with Crippen LogP contribution in [0.5, 0.6) is 0 Å². The first kappa shape index (κ1) is 20.4. The predicted molar refractivity (Wildman–Crippen MR) is 115 cm³/mol. The summed E-state index contributed by atoms with van der Waals surface area (Å²) in [6.07, 6.45) is 1.45. The van der Waals surface area contributed by atoms with Crippen molar-refractivity contribution < 1.29 is 18.4 Å². The van der Waals surface area contributed by atoms with Gasteiger partial charge < -0.3 is 10.6 Å². The molecule has 9 heteroatoms. The molecule has 156 valence electrons. The van der Waals surface area contributed by atoms with Gasteiger partial charge in [0.05, 0.1) is 10.4 Å². The molecule has 0 atom stereocenters. The van der Waals surface area contributed by atoms with Gasteiger partial charge in [-0.25, -0.2) is 8.78 Å². The number of hydrogen-bond donors (Lipinski definition) is 2. The van der Waals surface area contributed by atoms with Crippen molar-refractivity contribution in [2.45, 2.75) is 0 Å². The normalized spacial score (nSPS) is 10.7. The average Bonchev–Trinajstić information content (AvgIpc) is 3.38. The van der Waals surface area contributed by atoms with Crippen molar-refractivity contribution >= 4 is 34.5 Å². The Morgan fingerprint density at radius 1 is 0.968 bits per heavy atom. The number of nitrogens with zero attached hydrogens (tertiary/aromatic N) is 2. The lowest BCUT2D eigenvalue weighted by Gasteiger charge is -2.09. The highest BCUT2D eigenvalue weighted by Crippen LogP contribution is 2.26. The van der Waals surface area contributed by atoms with Crippen LogP contribution in [0.1, 0.15) is 20.0 Å². The zero-order chi connectivity index (χ0) is 22.0. The number of thiophene rings is 1. The van der Waals surface area contributed by atoms with E-state index in [9.17, 15) is 18.4 Å². The van der Waals surface area contributed by atoms with Gasteiger partial charge in [-0.1, -0.05) is 12.1 Å². The van der Waals surface area contributed by atoms with Gasteiger partial charge in [0.1, 0.15) is 17.3 Å². The zero-order valence-electron chi connectivity index (χ0n) is 16.2. The van der Waals surface area contributed by atoms with Gasteiger partial charge in [0, 0.05) is 36.2 Å². The van der Waals surface area contributed by atoms with Crippen LogP contribution in [0.4, 0.5) is 20.2 Å². The van der Waals surface area contributed by atoms with Gasteiger partial charge in [0.25, 0.3) is 11.8 Å². The minimum Gasteiger partial charge on any atom is -0.322 e. The van der Waals surface area contributed by atoms with Crippen LogP contribution in [0.2, 0.25) is 0 Å². The van der Waals surface area contributed by atoms with Crippen LogP contribution in [-0.2, 0) is 7.05 Å². The SMILES string of the molecule is Cn1cc(C(=O)Nc2cccc(NC(=O)c3cccs3)c2)c(-c2ccc(F)cc2F)n1. The minimum absolute atomic E-state index is 0.0177. The van der Waals surface area contributed by atoms with Crippen LogP contribution >= 0.6 is 11.3 Å². The number of aromatic nitrogens is 2. The van der Waals surface area contributed by atoms with Crippen molar-refractivity contribution in [3.63, 3.8) is 0 Å². The molecule has 2 N–H and O–H groups in total. The molecule has 0 fully saturated rings. The van der Waals surface area contributed by atoms with Gasteiger partial charge in [-0.2, -0.15) is 5.10 Å². The summed E-state index contributed by atoms with van der Waals surface area (Å²) in [5, 5.41) is 11.5. The summed E-state index contributed by atoms with van der Waals surface area (Å²) in [6.45, 7) is 0. The molecule has 4 aromatic rings. The van der Waals surface area contributed by atoms with E-state index in [4.69, 9.17) is 0 Å². The first-order chi connectivity index (χ1) is 14.9. The Hall–Kier alpha value is -3.85. The number of benzene rings is 2. The van der Waals surface area contributed by atoms with E-state index in [0.29, 0.717) is 16.3 Å². The van der Waals surface area contributed by atoms with Crippen LogP contribution in [0.3, 0.4) is 0 Å². The summed E-state index contributed by atoms with van der Waals surface area (Å²) >= 11 is 1.32. The number of nitrogens with one attached hydrogen (secondary N) is 2. The van der Waals surface area contributed by atoms with E-state index < -0.39 is 17.5 Å². The second-order valence-corrected chi connectivity index (χ2v) is 7.60. The fourth-order valence-electron chi connectivity index (χ4n) is 3.01. The van der Waals surface area contributed by atoms with Gasteiger partial charge in [-0.3, -0.25) is 14.3 Å². The Labute approximate surface area is 180 Å². The molecule has 0 saturated heterocycles. The van der Waals surface area contributed by atoms with Gasteiger partial charge in [0.15, 0.2) is 0 Å². The second-order valence-electron chi connectivity index (χ2n) is 6.66. The Bertz CT molecular complexity index is 1270. The number of aryl methyl sites for hydroxylation is 1. The molecule has 6 nitrogen and oxygen atoms in total. The number of rotatable bonds is 5. The molecule has 2 aromatic carbocycles. The maximum absolute atomic E-state index is 14.2. The van der Waals surface area contributed by atoms with Crippen LogP contribution in [0.25, 0.3) is 11.3 Å². The Morgan fingerprint density at radius 2 is 1.71 bits per heavy atom. The third-order valence-corrected chi connectivity index (χ3v) is 5.25. The lowest BCUT2D eigenvalue weighted by Crippen LogP contribution is -2.14. The van der Waals surface area contributed by atoms with Crippen molar-refractivity contribution in [2.24, 2.45) is 7.05 Å². The molecule has 0 unspecified atom stereocenters. The standard InChI is InChI=1S/C22H16F2N4O2S/c1-28-12-17(20(27-28)16-8-7-13(23)10-18(16)24)21(29)25-14-4-2-5-15(11-14)26-22(30)19-6-3-9-31-19/h2-12H,1H3,(H,25,29)(H,26,30). The topological polar surface area (TPSA) is 76.0 Å². The maximum Gasteiger partial charge on any atom is 0.265 e. The van der Waals surface area contributed by atoms with Gasteiger partial charge in [0.2, 0.25) is 0 Å². The summed E-state index contributed by atoms with van der Waals surface area (Å²) in [5.41, 5.74) is 1.18. The summed E-state index contributed by atoms with van der Waals surface area (Å²) < 4.78 is 28.9. The fraction of sp³-hybridized carbons (Fsp3) is 0.0455. The van der Waals surface area contributed by atoms with E-state index in [0.717, 1.165) is 12.1 Å². The Kier molecular flexibility index (Phi) is 5.59. The van der Waals surface area contributed by atoms with Crippen LogP contribution in [0, 0.1) is 11.6 Å². The van der Waals surface area contributed by atoms with Crippen molar-refractivity contribution in [1.82, 2.24) is 9.78 Å². The van der Waals surface area contributed by atoms with E-state index in [1.807, 2.05) is 0 Å². The predicted octanol–water partition coefficient (Wildman–Crippen LogP) is 4.93. The third kappa shape index (κ3) is 4.51. The Balaban J connectivity index is 1.56. The smallest absolute Gasteiger partial charge is 0.265 e. The molecular formula is C22H16F2N4O2S.